The van der Waals surface area contributed by atoms with Crippen molar-refractivity contribution in [2.24, 2.45) is 0 Å². The zero-order chi connectivity index (χ0) is 33.8. The van der Waals surface area contributed by atoms with Crippen LogP contribution in [0, 0.1) is 0 Å². The Balaban J connectivity index is 1.54. The summed E-state index contributed by atoms with van der Waals surface area (Å²) in [5, 5.41) is 15.0. The number of carbonyl (C=O) groups excluding carboxylic acids is 3. The number of ether oxygens (including phenoxy) is 3. The van der Waals surface area contributed by atoms with E-state index in [2.05, 4.69) is 32.3 Å². The van der Waals surface area contributed by atoms with Gasteiger partial charge in [-0.15, -0.1) is 0 Å². The number of alkyl carbamates (subject to hydrolysis) is 1. The van der Waals surface area contributed by atoms with Gasteiger partial charge in [0.05, 0.1) is 37.1 Å². The molecule has 12 heteroatoms. The largest absolute Gasteiger partial charge is 0.508 e. The highest BCUT2D eigenvalue weighted by Gasteiger charge is 2.50. The number of fused-ring (bicyclic) bond motifs is 5. The average molecular weight is 650 g/mol. The van der Waals surface area contributed by atoms with Gasteiger partial charge in [0.25, 0.3) is 5.56 Å². The van der Waals surface area contributed by atoms with Crippen LogP contribution in [-0.4, -0.2) is 52.9 Å². The maximum absolute atomic E-state index is 14.1. The minimum atomic E-state index is -2.14. The summed E-state index contributed by atoms with van der Waals surface area (Å²) in [6, 6.07) is 6.90. The van der Waals surface area contributed by atoms with Gasteiger partial charge in [-0.1, -0.05) is 33.9 Å². The van der Waals surface area contributed by atoms with E-state index in [1.54, 1.807) is 56.5 Å². The van der Waals surface area contributed by atoms with Crippen LogP contribution in [0.3, 0.4) is 0 Å². The second-order valence-corrected chi connectivity index (χ2v) is 19.1. The molecular weight excluding hydrogens is 606 g/mol. The standard InChI is InChI=1S/C34H43N3O8Si/c1-9-34(44-27(39)11-10-14-35-32(42)45-33(4,5)6)24-16-26-28-22(17-37(26)30(40)23(24)18-43-31(34)41)29(46(7,8)19(2)3)21-15-20(38)12-13-25(21)36-28/h12-13,15-16,19,38H,9-11,14,17-18H2,1-8H3,(H,35,42). The molecule has 1 aromatic carbocycles. The smallest absolute Gasteiger partial charge is 0.407 e. The van der Waals surface area contributed by atoms with E-state index in [1.807, 2.05) is 0 Å². The number of phenols is 1. The first-order valence-electron chi connectivity index (χ1n) is 15.8. The highest BCUT2D eigenvalue weighted by atomic mass is 28.3. The van der Waals surface area contributed by atoms with E-state index in [0.29, 0.717) is 34.6 Å². The molecule has 0 saturated heterocycles. The number of phenolic OH excluding ortho intramolecular Hbond substituents is 1. The Bertz CT molecular complexity index is 1810. The molecule has 3 aromatic rings. The number of nitrogens with one attached hydrogen (secondary N) is 1. The van der Waals surface area contributed by atoms with Gasteiger partial charge in [0.15, 0.2) is 0 Å². The molecule has 5 rings (SSSR count). The van der Waals surface area contributed by atoms with Gasteiger partial charge in [-0.2, -0.15) is 0 Å². The molecule has 1 amide bonds. The number of benzene rings is 1. The Hall–Kier alpha value is -4.19. The fourth-order valence-corrected chi connectivity index (χ4v) is 8.68. The van der Waals surface area contributed by atoms with Crippen molar-refractivity contribution >= 4 is 42.2 Å². The lowest BCUT2D eigenvalue weighted by atomic mass is 9.85. The molecule has 11 nitrogen and oxygen atoms in total. The third-order valence-electron chi connectivity index (χ3n) is 9.24. The highest BCUT2D eigenvalue weighted by Crippen LogP contribution is 2.42. The maximum atomic E-state index is 14.1. The number of hydrogen-bond acceptors (Lipinski definition) is 9. The normalized spacial score (nSPS) is 17.3. The first-order chi connectivity index (χ1) is 21.5. The summed E-state index contributed by atoms with van der Waals surface area (Å²) in [6.45, 7) is 16.2. The molecule has 2 N–H and O–H groups in total. The first kappa shape index (κ1) is 33.2. The number of aromatic nitrogens is 2. The van der Waals surface area contributed by atoms with E-state index < -0.39 is 37.3 Å². The molecule has 2 aliphatic rings. The topological polar surface area (TPSA) is 146 Å². The van der Waals surface area contributed by atoms with Gasteiger partial charge < -0.3 is 29.2 Å². The first-order valence-corrected chi connectivity index (χ1v) is 18.9. The van der Waals surface area contributed by atoms with Crippen LogP contribution in [0.15, 0.2) is 29.1 Å². The number of rotatable bonds is 8. The Labute approximate surface area is 269 Å². The quantitative estimate of drug-likeness (QED) is 0.117. The lowest BCUT2D eigenvalue weighted by Crippen LogP contribution is -2.48. The van der Waals surface area contributed by atoms with Crippen molar-refractivity contribution in [3.8, 4) is 17.1 Å². The van der Waals surface area contributed by atoms with E-state index in [0.717, 1.165) is 16.1 Å². The molecule has 4 heterocycles. The second kappa shape index (κ2) is 11.9. The van der Waals surface area contributed by atoms with Crippen molar-refractivity contribution in [2.45, 2.75) is 104 Å². The van der Waals surface area contributed by atoms with Crippen LogP contribution in [0.2, 0.25) is 18.6 Å². The van der Waals surface area contributed by atoms with Gasteiger partial charge >= 0.3 is 18.0 Å². The van der Waals surface area contributed by atoms with Crippen LogP contribution in [-0.2, 0) is 42.6 Å². The SMILES string of the molecule is CCC1(OC(=O)CCCNC(=O)OC(C)(C)C)C(=O)OCc2c1cc1n(c2=O)Cc2c-1nc1ccc(O)cc1c2[Si](C)(C)C(C)C. The number of aromatic hydroxyl groups is 1. The Morgan fingerprint density at radius 3 is 2.54 bits per heavy atom. The fraction of sp³-hybridized carbons (Fsp3) is 0.500. The zero-order valence-electron chi connectivity index (χ0n) is 27.8. The Morgan fingerprint density at radius 1 is 1.17 bits per heavy atom. The van der Waals surface area contributed by atoms with Crippen molar-refractivity contribution < 1.29 is 33.7 Å². The van der Waals surface area contributed by atoms with Gasteiger partial charge in [0.1, 0.15) is 18.0 Å². The summed E-state index contributed by atoms with van der Waals surface area (Å²) in [5.74, 6) is -1.24. The number of pyridine rings is 2. The van der Waals surface area contributed by atoms with Gasteiger partial charge in [0, 0.05) is 23.9 Å². The molecular formula is C34H43N3O8Si. The van der Waals surface area contributed by atoms with Crippen molar-refractivity contribution in [1.29, 1.82) is 0 Å². The molecule has 1 atom stereocenters. The minimum Gasteiger partial charge on any atom is -0.508 e. The summed E-state index contributed by atoms with van der Waals surface area (Å²) < 4.78 is 18.3. The third-order valence-corrected chi connectivity index (χ3v) is 14.0. The van der Waals surface area contributed by atoms with Crippen molar-refractivity contribution in [3.63, 3.8) is 0 Å². The molecule has 246 valence electrons. The van der Waals surface area contributed by atoms with Crippen LogP contribution in [0.4, 0.5) is 4.79 Å². The molecule has 46 heavy (non-hydrogen) atoms. The predicted molar refractivity (Wildman–Crippen MR) is 176 cm³/mol. The lowest BCUT2D eigenvalue weighted by Gasteiger charge is -2.35. The van der Waals surface area contributed by atoms with Crippen molar-refractivity contribution in [3.05, 3.63) is 51.3 Å². The third kappa shape index (κ3) is 5.78. The van der Waals surface area contributed by atoms with E-state index in [1.165, 1.54) is 0 Å². The van der Waals surface area contributed by atoms with Gasteiger partial charge in [-0.25, -0.2) is 14.6 Å². The number of nitrogens with zero attached hydrogens (tertiary/aromatic N) is 2. The van der Waals surface area contributed by atoms with E-state index >= 15 is 0 Å². The average Bonchev–Trinajstić information content (AvgIpc) is 3.32. The predicted octanol–water partition coefficient (Wildman–Crippen LogP) is 4.97. The molecule has 0 saturated carbocycles. The number of cyclic esters (lactones) is 1. The summed E-state index contributed by atoms with van der Waals surface area (Å²) in [6.07, 6.45) is -0.360. The molecule has 1 unspecified atom stereocenters. The summed E-state index contributed by atoms with van der Waals surface area (Å²) in [4.78, 5) is 57.6. The van der Waals surface area contributed by atoms with Crippen LogP contribution in [0.5, 0.6) is 5.75 Å². The fourth-order valence-electron chi connectivity index (χ4n) is 6.23. The minimum absolute atomic E-state index is 0.0550. The maximum Gasteiger partial charge on any atom is 0.407 e. The van der Waals surface area contributed by atoms with Gasteiger partial charge in [0.2, 0.25) is 5.60 Å². The summed E-state index contributed by atoms with van der Waals surface area (Å²) in [5.41, 5.74) is 0.998. The number of carbonyl (C=O) groups is 3. The molecule has 2 aliphatic heterocycles. The Kier molecular flexibility index (Phi) is 8.56. The van der Waals surface area contributed by atoms with Crippen LogP contribution >= 0.6 is 0 Å². The summed E-state index contributed by atoms with van der Waals surface area (Å²) in [7, 11) is -2.14. The zero-order valence-corrected chi connectivity index (χ0v) is 28.8. The van der Waals surface area contributed by atoms with Crippen LogP contribution < -0.4 is 16.1 Å². The molecule has 0 fully saturated rings. The molecule has 0 aliphatic carbocycles. The lowest BCUT2D eigenvalue weighted by molar-refractivity contribution is -0.189. The van der Waals surface area contributed by atoms with Gasteiger partial charge in [-0.3, -0.25) is 9.59 Å². The number of amides is 1. The van der Waals surface area contributed by atoms with Crippen molar-refractivity contribution in [2.75, 3.05) is 6.54 Å². The second-order valence-electron chi connectivity index (χ2n) is 14.0. The van der Waals surface area contributed by atoms with Crippen LogP contribution in [0.1, 0.15) is 77.5 Å². The highest BCUT2D eigenvalue weighted by molar-refractivity contribution is 6.92. The number of esters is 2. The van der Waals surface area contributed by atoms with E-state index in [-0.39, 0.29) is 49.3 Å². The summed E-state index contributed by atoms with van der Waals surface area (Å²) >= 11 is 0. The van der Waals surface area contributed by atoms with E-state index in [9.17, 15) is 24.3 Å². The van der Waals surface area contributed by atoms with Gasteiger partial charge in [-0.05, 0) is 74.2 Å². The Morgan fingerprint density at radius 2 is 1.89 bits per heavy atom. The monoisotopic (exact) mass is 649 g/mol. The molecule has 0 radical (unpaired) electrons. The molecule has 0 spiro atoms. The number of hydrogen-bond donors (Lipinski definition) is 2. The van der Waals surface area contributed by atoms with Crippen molar-refractivity contribution in [1.82, 2.24) is 14.9 Å². The van der Waals surface area contributed by atoms with E-state index in [4.69, 9.17) is 19.2 Å². The molecule has 0 bridgehead atoms. The molecule has 2 aromatic heterocycles. The van der Waals surface area contributed by atoms with Crippen LogP contribution in [0.25, 0.3) is 22.3 Å².